The Morgan fingerprint density at radius 2 is 1.71 bits per heavy atom. The number of hydrogen-bond donors (Lipinski definition) is 0. The first-order chi connectivity index (χ1) is 10.3. The van der Waals surface area contributed by atoms with E-state index in [1.54, 1.807) is 0 Å². The lowest BCUT2D eigenvalue weighted by atomic mass is 9.98. The van der Waals surface area contributed by atoms with Gasteiger partial charge in [-0.2, -0.15) is 0 Å². The van der Waals surface area contributed by atoms with Crippen LogP contribution in [0.1, 0.15) is 24.5 Å². The second-order valence-electron chi connectivity index (χ2n) is 5.76. The third kappa shape index (κ3) is 1.77. The average molecular weight is 274 g/mol. The molecule has 0 bridgehead atoms. The molecule has 1 heteroatoms. The maximum Gasteiger partial charge on any atom is 0.139 e. The number of fused-ring (bicyclic) bond motifs is 5. The van der Waals surface area contributed by atoms with Gasteiger partial charge in [0.1, 0.15) is 11.2 Å². The molecule has 104 valence electrons. The molecule has 1 heterocycles. The van der Waals surface area contributed by atoms with Crippen LogP contribution in [-0.2, 0) is 6.42 Å². The van der Waals surface area contributed by atoms with Crippen molar-refractivity contribution in [3.05, 3.63) is 59.7 Å². The van der Waals surface area contributed by atoms with Crippen LogP contribution in [0.5, 0.6) is 0 Å². The molecule has 4 aromatic rings. The zero-order valence-electron chi connectivity index (χ0n) is 12.4. The lowest BCUT2D eigenvalue weighted by Gasteiger charge is -2.05. The van der Waals surface area contributed by atoms with E-state index in [9.17, 15) is 0 Å². The zero-order chi connectivity index (χ0) is 14.4. The summed E-state index contributed by atoms with van der Waals surface area (Å²) in [6, 6.07) is 17.3. The first-order valence-electron chi connectivity index (χ1n) is 7.62. The van der Waals surface area contributed by atoms with Crippen molar-refractivity contribution in [3.8, 4) is 0 Å². The van der Waals surface area contributed by atoms with Crippen molar-refractivity contribution < 1.29 is 4.42 Å². The predicted octanol–water partition coefficient (Wildman–Crippen LogP) is 6.00. The molecule has 0 radical (unpaired) electrons. The van der Waals surface area contributed by atoms with Crippen molar-refractivity contribution in [2.45, 2.75) is 26.7 Å². The number of hydrogen-bond acceptors (Lipinski definition) is 1. The summed E-state index contributed by atoms with van der Waals surface area (Å²) in [4.78, 5) is 0. The molecule has 1 aromatic heterocycles. The zero-order valence-corrected chi connectivity index (χ0v) is 12.4. The van der Waals surface area contributed by atoms with E-state index in [4.69, 9.17) is 4.42 Å². The summed E-state index contributed by atoms with van der Waals surface area (Å²) in [6.07, 6.45) is 2.18. The molecular formula is C20H18O. The average Bonchev–Trinajstić information content (AvgIpc) is 2.89. The first-order valence-corrected chi connectivity index (χ1v) is 7.62. The van der Waals surface area contributed by atoms with E-state index in [-0.39, 0.29) is 0 Å². The quantitative estimate of drug-likeness (QED) is 0.437. The van der Waals surface area contributed by atoms with Gasteiger partial charge in [0, 0.05) is 10.8 Å². The van der Waals surface area contributed by atoms with Crippen LogP contribution in [0.2, 0.25) is 0 Å². The maximum atomic E-state index is 6.28. The van der Waals surface area contributed by atoms with E-state index < -0.39 is 0 Å². The maximum absolute atomic E-state index is 6.28. The molecule has 0 saturated heterocycles. The minimum atomic E-state index is 1.03. The van der Waals surface area contributed by atoms with Crippen LogP contribution in [0.3, 0.4) is 0 Å². The second-order valence-corrected chi connectivity index (χ2v) is 5.76. The Morgan fingerprint density at radius 3 is 2.57 bits per heavy atom. The van der Waals surface area contributed by atoms with Gasteiger partial charge >= 0.3 is 0 Å². The third-order valence-corrected chi connectivity index (χ3v) is 4.28. The molecule has 21 heavy (non-hydrogen) atoms. The number of furan rings is 1. The Hall–Kier alpha value is -2.28. The van der Waals surface area contributed by atoms with Gasteiger partial charge in [0.05, 0.1) is 0 Å². The highest BCUT2D eigenvalue weighted by atomic mass is 16.3. The molecule has 0 N–H and O–H groups in total. The normalized spacial score (nSPS) is 11.7. The summed E-state index contributed by atoms with van der Waals surface area (Å²) in [5.74, 6) is 0. The molecule has 1 nitrogen and oxygen atoms in total. The minimum Gasteiger partial charge on any atom is -0.455 e. The molecule has 3 aromatic carbocycles. The summed E-state index contributed by atoms with van der Waals surface area (Å²) in [5.41, 5.74) is 4.62. The Morgan fingerprint density at radius 1 is 0.905 bits per heavy atom. The van der Waals surface area contributed by atoms with Gasteiger partial charge < -0.3 is 4.42 Å². The Balaban J connectivity index is 2.28. The SMILES string of the molecule is CCCc1cc2ccccc2c2c1oc1c(C)cccc12. The highest BCUT2D eigenvalue weighted by molar-refractivity contribution is 6.20. The molecule has 0 atom stereocenters. The molecular weight excluding hydrogens is 256 g/mol. The van der Waals surface area contributed by atoms with Crippen LogP contribution >= 0.6 is 0 Å². The van der Waals surface area contributed by atoms with E-state index in [1.165, 1.54) is 32.7 Å². The van der Waals surface area contributed by atoms with Crippen LogP contribution in [-0.4, -0.2) is 0 Å². The number of benzene rings is 3. The molecule has 0 unspecified atom stereocenters. The summed E-state index contributed by atoms with van der Waals surface area (Å²) in [5, 5.41) is 5.10. The van der Waals surface area contributed by atoms with Gasteiger partial charge in [-0.3, -0.25) is 0 Å². The first kappa shape index (κ1) is 12.5. The summed E-state index contributed by atoms with van der Waals surface area (Å²) < 4.78 is 6.28. The standard InChI is InChI=1S/C20H18O/c1-3-7-15-12-14-9-4-5-10-16(14)18-17-11-6-8-13(2)19(17)21-20(15)18/h4-6,8-12H,3,7H2,1-2H3. The van der Waals surface area contributed by atoms with Crippen LogP contribution in [0.15, 0.2) is 52.9 Å². The Kier molecular flexibility index (Phi) is 2.75. The number of rotatable bonds is 2. The van der Waals surface area contributed by atoms with Crippen molar-refractivity contribution >= 4 is 32.7 Å². The van der Waals surface area contributed by atoms with Crippen LogP contribution in [0.25, 0.3) is 32.7 Å². The van der Waals surface area contributed by atoms with Crippen LogP contribution in [0.4, 0.5) is 0 Å². The smallest absolute Gasteiger partial charge is 0.139 e. The highest BCUT2D eigenvalue weighted by Gasteiger charge is 2.15. The van der Waals surface area contributed by atoms with Crippen molar-refractivity contribution in [2.24, 2.45) is 0 Å². The van der Waals surface area contributed by atoms with Crippen molar-refractivity contribution in [2.75, 3.05) is 0 Å². The molecule has 0 aliphatic rings. The molecule has 0 aliphatic heterocycles. The van der Waals surface area contributed by atoms with Gasteiger partial charge in [0.15, 0.2) is 0 Å². The van der Waals surface area contributed by atoms with E-state index >= 15 is 0 Å². The van der Waals surface area contributed by atoms with E-state index in [0.717, 1.165) is 24.0 Å². The largest absolute Gasteiger partial charge is 0.455 e. The van der Waals surface area contributed by atoms with Gasteiger partial charge in [-0.05, 0) is 41.3 Å². The summed E-state index contributed by atoms with van der Waals surface area (Å²) >= 11 is 0. The summed E-state index contributed by atoms with van der Waals surface area (Å²) in [6.45, 7) is 4.33. The molecule has 0 amide bonds. The molecule has 4 rings (SSSR count). The van der Waals surface area contributed by atoms with Gasteiger partial charge in [0.2, 0.25) is 0 Å². The fraction of sp³-hybridized carbons (Fsp3) is 0.200. The molecule has 0 fully saturated rings. The number of para-hydroxylation sites is 1. The van der Waals surface area contributed by atoms with E-state index in [2.05, 4.69) is 62.4 Å². The minimum absolute atomic E-state index is 1.03. The monoisotopic (exact) mass is 274 g/mol. The van der Waals surface area contributed by atoms with Gasteiger partial charge in [0.25, 0.3) is 0 Å². The van der Waals surface area contributed by atoms with Gasteiger partial charge in [-0.1, -0.05) is 55.8 Å². The van der Waals surface area contributed by atoms with Gasteiger partial charge in [-0.15, -0.1) is 0 Å². The van der Waals surface area contributed by atoms with E-state index in [0.29, 0.717) is 0 Å². The van der Waals surface area contributed by atoms with Crippen molar-refractivity contribution in [3.63, 3.8) is 0 Å². The lowest BCUT2D eigenvalue weighted by molar-refractivity contribution is 0.658. The van der Waals surface area contributed by atoms with E-state index in [1.807, 2.05) is 0 Å². The van der Waals surface area contributed by atoms with Crippen molar-refractivity contribution in [1.29, 1.82) is 0 Å². The topological polar surface area (TPSA) is 13.1 Å². The van der Waals surface area contributed by atoms with Crippen LogP contribution in [0, 0.1) is 6.92 Å². The Bertz CT molecular complexity index is 960. The highest BCUT2D eigenvalue weighted by Crippen LogP contribution is 2.38. The third-order valence-electron chi connectivity index (χ3n) is 4.28. The molecule has 0 spiro atoms. The molecule has 0 saturated carbocycles. The predicted molar refractivity (Wildman–Crippen MR) is 90.0 cm³/mol. The van der Waals surface area contributed by atoms with Gasteiger partial charge in [-0.25, -0.2) is 0 Å². The number of aryl methyl sites for hydroxylation is 2. The van der Waals surface area contributed by atoms with Crippen LogP contribution < -0.4 is 0 Å². The molecule has 0 aliphatic carbocycles. The fourth-order valence-electron chi connectivity index (χ4n) is 3.31. The Labute approximate surface area is 124 Å². The lowest BCUT2D eigenvalue weighted by Crippen LogP contribution is -1.85. The van der Waals surface area contributed by atoms with Crippen molar-refractivity contribution in [1.82, 2.24) is 0 Å². The summed E-state index contributed by atoms with van der Waals surface area (Å²) in [7, 11) is 0. The fourth-order valence-corrected chi connectivity index (χ4v) is 3.31. The second kappa shape index (κ2) is 4.63.